The summed E-state index contributed by atoms with van der Waals surface area (Å²) in [5.74, 6) is 1.29. The molecule has 0 aliphatic heterocycles. The molecule has 2 unspecified atom stereocenters. The molecule has 0 amide bonds. The molecule has 0 spiro atoms. The topological polar surface area (TPSA) is 17.1 Å². The smallest absolute Gasteiger partial charge is 0.165 e. The summed E-state index contributed by atoms with van der Waals surface area (Å²) in [5.41, 5.74) is 0.811. The molecule has 2 rings (SSSR count). The van der Waals surface area contributed by atoms with Gasteiger partial charge in [-0.2, -0.15) is 0 Å². The van der Waals surface area contributed by atoms with Crippen molar-refractivity contribution in [2.24, 2.45) is 11.8 Å². The molecule has 1 aliphatic carbocycles. The van der Waals surface area contributed by atoms with E-state index in [1.165, 1.54) is 12.8 Å². The molecule has 0 saturated heterocycles. The predicted molar refractivity (Wildman–Crippen MR) is 66.9 cm³/mol. The van der Waals surface area contributed by atoms with Crippen LogP contribution in [0.15, 0.2) is 24.3 Å². The van der Waals surface area contributed by atoms with Crippen molar-refractivity contribution in [3.63, 3.8) is 0 Å². The molecule has 1 aromatic carbocycles. The number of hydrogen-bond donors (Lipinski definition) is 0. The lowest BCUT2D eigenvalue weighted by molar-refractivity contribution is 0.0920. The van der Waals surface area contributed by atoms with Gasteiger partial charge in [0.1, 0.15) is 0 Å². The third kappa shape index (κ3) is 2.46. The first-order valence-electron chi connectivity index (χ1n) is 6.00. The van der Waals surface area contributed by atoms with Crippen LogP contribution in [0, 0.1) is 11.8 Å². The normalized spacial score (nSPS) is 24.6. The predicted octanol–water partition coefficient (Wildman–Crippen LogP) is 4.35. The second-order valence-electron chi connectivity index (χ2n) is 4.66. The van der Waals surface area contributed by atoms with Crippen LogP contribution >= 0.6 is 11.6 Å². The van der Waals surface area contributed by atoms with Crippen molar-refractivity contribution in [2.45, 2.75) is 32.6 Å². The van der Waals surface area contributed by atoms with Gasteiger partial charge in [-0.3, -0.25) is 4.79 Å². The van der Waals surface area contributed by atoms with E-state index in [2.05, 4.69) is 6.92 Å². The highest BCUT2D eigenvalue weighted by molar-refractivity contribution is 6.30. The number of ketones is 1. The Kier molecular flexibility index (Phi) is 3.65. The van der Waals surface area contributed by atoms with Crippen LogP contribution in [0.1, 0.15) is 43.0 Å². The van der Waals surface area contributed by atoms with E-state index in [1.807, 2.05) is 12.1 Å². The second kappa shape index (κ2) is 5.01. The molecule has 0 N–H and O–H groups in total. The Bertz CT molecular complexity index is 369. The summed E-state index contributed by atoms with van der Waals surface area (Å²) in [6, 6.07) is 7.26. The molecule has 0 aromatic heterocycles. The third-order valence-corrected chi connectivity index (χ3v) is 3.87. The van der Waals surface area contributed by atoms with Gasteiger partial charge < -0.3 is 0 Å². The van der Waals surface area contributed by atoms with Crippen molar-refractivity contribution >= 4 is 17.4 Å². The van der Waals surface area contributed by atoms with E-state index >= 15 is 0 Å². The van der Waals surface area contributed by atoms with E-state index in [9.17, 15) is 4.79 Å². The lowest BCUT2D eigenvalue weighted by Crippen LogP contribution is -2.11. The molecule has 0 bridgehead atoms. The molecule has 0 heterocycles. The average molecular weight is 237 g/mol. The van der Waals surface area contributed by atoms with Gasteiger partial charge in [0.05, 0.1) is 0 Å². The lowest BCUT2D eigenvalue weighted by atomic mass is 9.94. The number of halogens is 1. The van der Waals surface area contributed by atoms with Crippen LogP contribution in [-0.4, -0.2) is 5.78 Å². The summed E-state index contributed by atoms with van der Waals surface area (Å²) in [6.45, 7) is 2.21. The standard InChI is InChI=1S/C14H17ClO/c1-2-10-3-4-12(9-10)14(16)11-5-7-13(15)8-6-11/h5-8,10,12H,2-4,9H2,1H3. The van der Waals surface area contributed by atoms with E-state index in [-0.39, 0.29) is 5.92 Å². The molecule has 1 saturated carbocycles. The van der Waals surface area contributed by atoms with Crippen LogP contribution in [-0.2, 0) is 0 Å². The van der Waals surface area contributed by atoms with Crippen LogP contribution in [0.4, 0.5) is 0 Å². The maximum atomic E-state index is 12.2. The highest BCUT2D eigenvalue weighted by Gasteiger charge is 2.29. The minimum absolute atomic E-state index is 0.242. The van der Waals surface area contributed by atoms with E-state index in [1.54, 1.807) is 12.1 Å². The molecule has 1 aliphatic rings. The first-order chi connectivity index (χ1) is 7.70. The molecule has 2 atom stereocenters. The van der Waals surface area contributed by atoms with Crippen LogP contribution < -0.4 is 0 Å². The summed E-state index contributed by atoms with van der Waals surface area (Å²) in [6.07, 6.45) is 4.53. The fourth-order valence-corrected chi connectivity index (χ4v) is 2.66. The summed E-state index contributed by atoms with van der Waals surface area (Å²) >= 11 is 5.81. The number of carbonyl (C=O) groups excluding carboxylic acids is 1. The largest absolute Gasteiger partial charge is 0.294 e. The molecular formula is C14H17ClO. The Morgan fingerprint density at radius 1 is 1.31 bits per heavy atom. The molecule has 2 heteroatoms. The summed E-state index contributed by atoms with van der Waals surface area (Å²) in [4.78, 5) is 12.2. The number of rotatable bonds is 3. The number of benzene rings is 1. The lowest BCUT2D eigenvalue weighted by Gasteiger charge is -2.09. The summed E-state index contributed by atoms with van der Waals surface area (Å²) in [7, 11) is 0. The van der Waals surface area contributed by atoms with Gasteiger partial charge in [0.2, 0.25) is 0 Å². The molecule has 86 valence electrons. The van der Waals surface area contributed by atoms with Crippen LogP contribution in [0.3, 0.4) is 0 Å². The highest BCUT2D eigenvalue weighted by Crippen LogP contribution is 2.34. The van der Waals surface area contributed by atoms with E-state index in [0.29, 0.717) is 10.8 Å². The van der Waals surface area contributed by atoms with E-state index in [0.717, 1.165) is 24.3 Å². The first-order valence-corrected chi connectivity index (χ1v) is 6.38. The zero-order chi connectivity index (χ0) is 11.5. The molecule has 1 nitrogen and oxygen atoms in total. The average Bonchev–Trinajstić information content (AvgIpc) is 2.77. The summed E-state index contributed by atoms with van der Waals surface area (Å²) < 4.78 is 0. The Hall–Kier alpha value is -0.820. The molecular weight excluding hydrogens is 220 g/mol. The van der Waals surface area contributed by atoms with Crippen molar-refractivity contribution in [1.82, 2.24) is 0 Å². The Labute approximate surface area is 102 Å². The van der Waals surface area contributed by atoms with Gasteiger partial charge >= 0.3 is 0 Å². The van der Waals surface area contributed by atoms with Crippen molar-refractivity contribution in [3.05, 3.63) is 34.9 Å². The SMILES string of the molecule is CCC1CCC(C(=O)c2ccc(Cl)cc2)C1. The van der Waals surface area contributed by atoms with Gasteiger partial charge in [-0.15, -0.1) is 0 Å². The van der Waals surface area contributed by atoms with Gasteiger partial charge in [0.25, 0.3) is 0 Å². The number of carbonyl (C=O) groups is 1. The zero-order valence-electron chi connectivity index (χ0n) is 9.58. The maximum absolute atomic E-state index is 12.2. The van der Waals surface area contributed by atoms with Gasteiger partial charge in [0.15, 0.2) is 5.78 Å². The second-order valence-corrected chi connectivity index (χ2v) is 5.09. The Morgan fingerprint density at radius 2 is 2.00 bits per heavy atom. The highest BCUT2D eigenvalue weighted by atomic mass is 35.5. The maximum Gasteiger partial charge on any atom is 0.165 e. The van der Waals surface area contributed by atoms with E-state index in [4.69, 9.17) is 11.6 Å². The Balaban J connectivity index is 2.05. The summed E-state index contributed by atoms with van der Waals surface area (Å²) in [5, 5.41) is 0.689. The van der Waals surface area contributed by atoms with Gasteiger partial charge in [-0.25, -0.2) is 0 Å². The molecule has 0 radical (unpaired) electrons. The minimum Gasteiger partial charge on any atom is -0.294 e. The molecule has 1 fully saturated rings. The first kappa shape index (κ1) is 11.7. The van der Waals surface area contributed by atoms with Gasteiger partial charge in [-0.05, 0) is 49.4 Å². The number of Topliss-reactive ketones (excluding diaryl/α,β-unsaturated/α-hetero) is 1. The van der Waals surface area contributed by atoms with Gasteiger partial charge in [0, 0.05) is 16.5 Å². The van der Waals surface area contributed by atoms with Crippen LogP contribution in [0.5, 0.6) is 0 Å². The quantitative estimate of drug-likeness (QED) is 0.714. The monoisotopic (exact) mass is 236 g/mol. The fraction of sp³-hybridized carbons (Fsp3) is 0.500. The Morgan fingerprint density at radius 3 is 2.56 bits per heavy atom. The van der Waals surface area contributed by atoms with Crippen molar-refractivity contribution in [1.29, 1.82) is 0 Å². The third-order valence-electron chi connectivity index (χ3n) is 3.62. The van der Waals surface area contributed by atoms with Crippen LogP contribution in [0.2, 0.25) is 5.02 Å². The van der Waals surface area contributed by atoms with Crippen LogP contribution in [0.25, 0.3) is 0 Å². The number of hydrogen-bond acceptors (Lipinski definition) is 1. The zero-order valence-corrected chi connectivity index (χ0v) is 10.3. The van der Waals surface area contributed by atoms with Crippen molar-refractivity contribution < 1.29 is 4.79 Å². The fourth-order valence-electron chi connectivity index (χ4n) is 2.53. The molecule has 1 aromatic rings. The van der Waals surface area contributed by atoms with Crippen molar-refractivity contribution in [2.75, 3.05) is 0 Å². The van der Waals surface area contributed by atoms with E-state index < -0.39 is 0 Å². The van der Waals surface area contributed by atoms with Crippen molar-refractivity contribution in [3.8, 4) is 0 Å². The minimum atomic E-state index is 0.242. The molecule has 16 heavy (non-hydrogen) atoms. The van der Waals surface area contributed by atoms with Gasteiger partial charge in [-0.1, -0.05) is 24.9 Å².